The van der Waals surface area contributed by atoms with Gasteiger partial charge in [-0.2, -0.15) is 0 Å². The first-order chi connectivity index (χ1) is 13.7. The second-order valence-corrected chi connectivity index (χ2v) is 7.83. The van der Waals surface area contributed by atoms with E-state index in [1.165, 1.54) is 0 Å². The zero-order valence-corrected chi connectivity index (χ0v) is 17.5. The highest BCUT2D eigenvalue weighted by molar-refractivity contribution is 5.79. The molecule has 0 bridgehead atoms. The molecule has 0 aliphatic heterocycles. The summed E-state index contributed by atoms with van der Waals surface area (Å²) >= 11 is 0. The number of hydrogen-bond donors (Lipinski definition) is 4. The number of rotatable bonds is 9. The van der Waals surface area contributed by atoms with E-state index in [0.717, 1.165) is 27.8 Å². The van der Waals surface area contributed by atoms with Crippen molar-refractivity contribution < 1.29 is 24.9 Å². The monoisotopic (exact) mass is 401 g/mol. The number of aryl methyl sites for hydroxylation is 2. The van der Waals surface area contributed by atoms with Crippen LogP contribution < -0.4 is 10.5 Å². The van der Waals surface area contributed by atoms with E-state index in [4.69, 9.17) is 10.5 Å². The third-order valence-corrected chi connectivity index (χ3v) is 5.21. The molecule has 0 aromatic heterocycles. The van der Waals surface area contributed by atoms with Crippen LogP contribution in [0.1, 0.15) is 47.6 Å². The Morgan fingerprint density at radius 3 is 2.14 bits per heavy atom. The maximum Gasteiger partial charge on any atom is 0.258 e. The van der Waals surface area contributed by atoms with E-state index in [1.807, 2.05) is 52.0 Å². The molecule has 0 saturated heterocycles. The molecule has 1 unspecified atom stereocenters. The third kappa shape index (κ3) is 5.49. The van der Waals surface area contributed by atoms with Gasteiger partial charge in [-0.3, -0.25) is 4.79 Å². The number of carbonyl (C=O) groups excluding carboxylic acids is 1. The summed E-state index contributed by atoms with van der Waals surface area (Å²) in [5.74, 6) is -0.513. The fourth-order valence-corrected chi connectivity index (χ4v) is 3.46. The number of amides is 1. The lowest BCUT2D eigenvalue weighted by Gasteiger charge is -2.23. The molecular formula is C23H31NO5. The second kappa shape index (κ2) is 9.76. The number of benzene rings is 2. The van der Waals surface area contributed by atoms with Gasteiger partial charge in [0.1, 0.15) is 11.5 Å². The van der Waals surface area contributed by atoms with Crippen LogP contribution in [0, 0.1) is 19.8 Å². The molecule has 2 aromatic rings. The first kappa shape index (κ1) is 22.7. The van der Waals surface area contributed by atoms with Crippen molar-refractivity contribution in [2.24, 2.45) is 11.7 Å². The first-order valence-electron chi connectivity index (χ1n) is 9.77. The van der Waals surface area contributed by atoms with E-state index in [9.17, 15) is 20.1 Å². The maximum absolute atomic E-state index is 11.7. The molecule has 29 heavy (non-hydrogen) atoms. The van der Waals surface area contributed by atoms with Gasteiger partial charge in [-0.15, -0.1) is 0 Å². The molecule has 0 saturated carbocycles. The third-order valence-electron chi connectivity index (χ3n) is 5.21. The van der Waals surface area contributed by atoms with Gasteiger partial charge in [0.05, 0.1) is 19.1 Å². The summed E-state index contributed by atoms with van der Waals surface area (Å²) in [4.78, 5) is 11.7. The molecule has 0 fully saturated rings. The SMILES string of the molecule is Cc1cc(OC(C(N)=O)C(CO)CO)cc(C)c1Cc1ccc(O)c(C(C)C)c1. The van der Waals surface area contributed by atoms with E-state index < -0.39 is 31.1 Å². The Bertz CT molecular complexity index is 835. The predicted octanol–water partition coefficient (Wildman–Crippen LogP) is 2.56. The number of aliphatic hydroxyl groups excluding tert-OH is 2. The normalized spacial score (nSPS) is 12.4. The van der Waals surface area contributed by atoms with Crippen molar-refractivity contribution in [2.45, 2.75) is 46.1 Å². The molecular weight excluding hydrogens is 370 g/mol. The van der Waals surface area contributed by atoms with Gasteiger partial charge in [-0.25, -0.2) is 0 Å². The molecule has 6 nitrogen and oxygen atoms in total. The number of aliphatic hydroxyl groups is 2. The Morgan fingerprint density at radius 1 is 1.07 bits per heavy atom. The van der Waals surface area contributed by atoms with Gasteiger partial charge in [-0.05, 0) is 72.2 Å². The van der Waals surface area contributed by atoms with E-state index >= 15 is 0 Å². The van der Waals surface area contributed by atoms with E-state index in [1.54, 1.807) is 6.07 Å². The predicted molar refractivity (Wildman–Crippen MR) is 112 cm³/mol. The Morgan fingerprint density at radius 2 is 1.66 bits per heavy atom. The summed E-state index contributed by atoms with van der Waals surface area (Å²) in [5.41, 5.74) is 10.5. The van der Waals surface area contributed by atoms with Crippen molar-refractivity contribution in [3.05, 3.63) is 58.1 Å². The molecule has 2 rings (SSSR count). The minimum absolute atomic E-state index is 0.227. The quantitative estimate of drug-likeness (QED) is 0.516. The molecule has 1 amide bonds. The molecule has 0 aliphatic carbocycles. The molecule has 158 valence electrons. The van der Waals surface area contributed by atoms with Crippen molar-refractivity contribution in [3.8, 4) is 11.5 Å². The Hall–Kier alpha value is -2.57. The average Bonchev–Trinajstić information content (AvgIpc) is 2.65. The van der Waals surface area contributed by atoms with Crippen LogP contribution in [-0.4, -0.2) is 40.5 Å². The van der Waals surface area contributed by atoms with Crippen LogP contribution >= 0.6 is 0 Å². The van der Waals surface area contributed by atoms with Crippen LogP contribution in [0.4, 0.5) is 0 Å². The van der Waals surface area contributed by atoms with Crippen LogP contribution in [0.15, 0.2) is 30.3 Å². The molecule has 5 N–H and O–H groups in total. The van der Waals surface area contributed by atoms with Crippen molar-refractivity contribution in [1.29, 1.82) is 0 Å². The highest BCUT2D eigenvalue weighted by atomic mass is 16.5. The lowest BCUT2D eigenvalue weighted by atomic mass is 9.93. The lowest BCUT2D eigenvalue weighted by molar-refractivity contribution is -0.128. The van der Waals surface area contributed by atoms with Crippen LogP contribution in [0.3, 0.4) is 0 Å². The van der Waals surface area contributed by atoms with Gasteiger partial charge in [0.15, 0.2) is 6.10 Å². The maximum atomic E-state index is 11.7. The largest absolute Gasteiger partial charge is 0.508 e. The summed E-state index contributed by atoms with van der Waals surface area (Å²) in [6.45, 7) is 7.21. The number of phenolic OH excluding ortho intramolecular Hbond substituents is 1. The Kier molecular flexibility index (Phi) is 7.65. The summed E-state index contributed by atoms with van der Waals surface area (Å²) in [6, 6.07) is 9.33. The molecule has 0 aliphatic rings. The van der Waals surface area contributed by atoms with Crippen LogP contribution in [0.2, 0.25) is 0 Å². The second-order valence-electron chi connectivity index (χ2n) is 7.83. The number of primary amides is 1. The van der Waals surface area contributed by atoms with E-state index in [-0.39, 0.29) is 5.92 Å². The van der Waals surface area contributed by atoms with Gasteiger partial charge in [0.2, 0.25) is 0 Å². The molecule has 0 radical (unpaired) electrons. The summed E-state index contributed by atoms with van der Waals surface area (Å²) < 4.78 is 5.73. The number of nitrogens with two attached hydrogens (primary N) is 1. The fourth-order valence-electron chi connectivity index (χ4n) is 3.46. The van der Waals surface area contributed by atoms with Crippen LogP contribution in [-0.2, 0) is 11.2 Å². The fraction of sp³-hybridized carbons (Fsp3) is 0.435. The summed E-state index contributed by atoms with van der Waals surface area (Å²) in [6.07, 6.45) is -0.409. The minimum atomic E-state index is -1.11. The Balaban J connectivity index is 2.30. The van der Waals surface area contributed by atoms with Gasteiger partial charge in [0.25, 0.3) is 5.91 Å². The molecule has 1 atom stereocenters. The Labute approximate surface area is 172 Å². The number of hydrogen-bond acceptors (Lipinski definition) is 5. The summed E-state index contributed by atoms with van der Waals surface area (Å²) in [5, 5.41) is 28.8. The van der Waals surface area contributed by atoms with Crippen LogP contribution in [0.5, 0.6) is 11.5 Å². The minimum Gasteiger partial charge on any atom is -0.508 e. The number of ether oxygens (including phenoxy) is 1. The number of carbonyl (C=O) groups is 1. The zero-order valence-electron chi connectivity index (χ0n) is 17.5. The number of aromatic hydroxyl groups is 1. The molecule has 6 heteroatoms. The van der Waals surface area contributed by atoms with E-state index in [0.29, 0.717) is 17.9 Å². The highest BCUT2D eigenvalue weighted by Gasteiger charge is 2.28. The van der Waals surface area contributed by atoms with Crippen molar-refractivity contribution in [2.75, 3.05) is 13.2 Å². The van der Waals surface area contributed by atoms with Crippen molar-refractivity contribution >= 4 is 5.91 Å². The molecule has 2 aromatic carbocycles. The molecule has 0 heterocycles. The standard InChI is InChI=1S/C23H31NO5/c1-13(2)19-9-16(5-6-21(19)27)10-20-14(3)7-18(8-15(20)4)29-22(23(24)28)17(11-25)12-26/h5-9,13,17,22,25-27H,10-12H2,1-4H3,(H2,24,28). The zero-order chi connectivity index (χ0) is 21.7. The lowest BCUT2D eigenvalue weighted by Crippen LogP contribution is -2.43. The van der Waals surface area contributed by atoms with Gasteiger partial charge >= 0.3 is 0 Å². The topological polar surface area (TPSA) is 113 Å². The van der Waals surface area contributed by atoms with Gasteiger partial charge in [-0.1, -0.05) is 26.0 Å². The summed E-state index contributed by atoms with van der Waals surface area (Å²) in [7, 11) is 0. The van der Waals surface area contributed by atoms with Crippen LogP contribution in [0.25, 0.3) is 0 Å². The van der Waals surface area contributed by atoms with Crippen molar-refractivity contribution in [3.63, 3.8) is 0 Å². The highest BCUT2D eigenvalue weighted by Crippen LogP contribution is 2.30. The van der Waals surface area contributed by atoms with Gasteiger partial charge in [0, 0.05) is 0 Å². The first-order valence-corrected chi connectivity index (χ1v) is 9.77. The van der Waals surface area contributed by atoms with Crippen molar-refractivity contribution in [1.82, 2.24) is 0 Å². The number of phenols is 1. The average molecular weight is 402 g/mol. The van der Waals surface area contributed by atoms with Gasteiger partial charge < -0.3 is 25.8 Å². The van der Waals surface area contributed by atoms with E-state index in [2.05, 4.69) is 0 Å². The molecule has 0 spiro atoms. The smallest absolute Gasteiger partial charge is 0.258 e.